The van der Waals surface area contributed by atoms with E-state index in [1.807, 2.05) is 0 Å². The molecule has 0 spiro atoms. The molecule has 0 aromatic heterocycles. The number of hydrogen-bond donors (Lipinski definition) is 0. The molecule has 0 heterocycles. The van der Waals surface area contributed by atoms with Gasteiger partial charge in [-0.3, -0.25) is 9.09 Å². The van der Waals surface area contributed by atoms with Crippen LogP contribution in [0.4, 0.5) is 4.79 Å². The van der Waals surface area contributed by atoms with Gasteiger partial charge in [0.25, 0.3) is 0 Å². The van der Waals surface area contributed by atoms with Gasteiger partial charge in [-0.1, -0.05) is 6.58 Å². The van der Waals surface area contributed by atoms with Crippen LogP contribution in [0, 0.1) is 0 Å². The minimum absolute atomic E-state index is 0.953. The molecule has 0 bridgehead atoms. The highest BCUT2D eigenvalue weighted by Gasteiger charge is 2.22. The molecule has 0 saturated heterocycles. The first-order valence-corrected chi connectivity index (χ1v) is 5.63. The molecule has 0 aliphatic heterocycles. The Labute approximate surface area is 82.3 Å². The Morgan fingerprint density at radius 3 is 2.43 bits per heavy atom. The molecule has 0 rings (SSSR count). The van der Waals surface area contributed by atoms with E-state index in [0.29, 0.717) is 0 Å². The second kappa shape index (κ2) is 5.80. The maximum absolute atomic E-state index is 11.3. The predicted molar refractivity (Wildman–Crippen MR) is 49.1 cm³/mol. The van der Waals surface area contributed by atoms with Crippen molar-refractivity contribution in [2.24, 2.45) is 0 Å². The molecular formula is C7H13O6P. The molecule has 0 aliphatic rings. The van der Waals surface area contributed by atoms with Gasteiger partial charge in [0, 0.05) is 13.8 Å². The second-order valence-corrected chi connectivity index (χ2v) is 4.35. The molecule has 2 atom stereocenters. The van der Waals surface area contributed by atoms with Gasteiger partial charge < -0.3 is 14.0 Å². The number of carbonyl (C=O) groups is 1. The van der Waals surface area contributed by atoms with Crippen LogP contribution in [0.15, 0.2) is 12.7 Å². The van der Waals surface area contributed by atoms with Gasteiger partial charge in [0.15, 0.2) is 0 Å². The van der Waals surface area contributed by atoms with Crippen LogP contribution in [0.5, 0.6) is 0 Å². The van der Waals surface area contributed by atoms with Crippen molar-refractivity contribution >= 4 is 13.8 Å². The lowest BCUT2D eigenvalue weighted by Crippen LogP contribution is -2.18. The standard InChI is InChI=1S/C7H13O6P/c1-5-6(12-7(8)10-2)13-14(4,9)11-3/h5-6H,1H2,2-4H3. The number of hydrogen-bond acceptors (Lipinski definition) is 6. The quantitative estimate of drug-likeness (QED) is 0.306. The molecular weight excluding hydrogens is 211 g/mol. The monoisotopic (exact) mass is 224 g/mol. The van der Waals surface area contributed by atoms with Crippen molar-refractivity contribution in [3.05, 3.63) is 12.7 Å². The number of methoxy groups -OCH3 is 1. The van der Waals surface area contributed by atoms with E-state index in [4.69, 9.17) is 4.52 Å². The molecule has 0 saturated carbocycles. The van der Waals surface area contributed by atoms with Gasteiger partial charge in [0.1, 0.15) is 0 Å². The summed E-state index contributed by atoms with van der Waals surface area (Å²) in [5, 5.41) is 0. The van der Waals surface area contributed by atoms with E-state index in [0.717, 1.165) is 13.2 Å². The Morgan fingerprint density at radius 1 is 1.50 bits per heavy atom. The summed E-state index contributed by atoms with van der Waals surface area (Å²) in [5.74, 6) is 0. The van der Waals surface area contributed by atoms with Gasteiger partial charge in [0.2, 0.25) is 6.29 Å². The number of rotatable bonds is 5. The molecule has 14 heavy (non-hydrogen) atoms. The zero-order valence-corrected chi connectivity index (χ0v) is 9.15. The fourth-order valence-electron chi connectivity index (χ4n) is 0.487. The molecule has 0 fully saturated rings. The van der Waals surface area contributed by atoms with Gasteiger partial charge in [-0.25, -0.2) is 4.79 Å². The molecule has 7 heteroatoms. The SMILES string of the molecule is C=CC(OC(=O)OC)OP(C)(=O)OC. The lowest BCUT2D eigenvalue weighted by atomic mass is 10.6. The minimum Gasteiger partial charge on any atom is -0.438 e. The average molecular weight is 224 g/mol. The molecule has 2 unspecified atom stereocenters. The van der Waals surface area contributed by atoms with Crippen LogP contribution in [-0.2, 0) is 23.1 Å². The van der Waals surface area contributed by atoms with E-state index in [2.05, 4.69) is 20.6 Å². The van der Waals surface area contributed by atoms with Crippen LogP contribution in [0.2, 0.25) is 0 Å². The third-order valence-electron chi connectivity index (χ3n) is 1.20. The fourth-order valence-corrected chi connectivity index (χ4v) is 1.08. The molecule has 0 radical (unpaired) electrons. The Morgan fingerprint density at radius 2 is 2.07 bits per heavy atom. The van der Waals surface area contributed by atoms with Crippen LogP contribution < -0.4 is 0 Å². The first-order valence-electron chi connectivity index (χ1n) is 3.64. The molecule has 82 valence electrons. The normalized spacial score (nSPS) is 16.5. The van der Waals surface area contributed by atoms with Crippen molar-refractivity contribution < 1.29 is 27.9 Å². The van der Waals surface area contributed by atoms with E-state index in [1.54, 1.807) is 0 Å². The van der Waals surface area contributed by atoms with E-state index in [1.165, 1.54) is 13.8 Å². The van der Waals surface area contributed by atoms with Crippen molar-refractivity contribution in [3.8, 4) is 0 Å². The van der Waals surface area contributed by atoms with Crippen LogP contribution in [-0.4, -0.2) is 33.3 Å². The summed E-state index contributed by atoms with van der Waals surface area (Å²) in [6.45, 7) is 4.57. The van der Waals surface area contributed by atoms with Crippen molar-refractivity contribution in [1.82, 2.24) is 0 Å². The van der Waals surface area contributed by atoms with E-state index < -0.39 is 20.0 Å². The van der Waals surface area contributed by atoms with Crippen molar-refractivity contribution in [3.63, 3.8) is 0 Å². The lowest BCUT2D eigenvalue weighted by Gasteiger charge is -2.17. The third kappa shape index (κ3) is 5.01. The molecule has 0 N–H and O–H groups in total. The molecule has 0 aromatic rings. The van der Waals surface area contributed by atoms with Gasteiger partial charge >= 0.3 is 13.8 Å². The summed E-state index contributed by atoms with van der Waals surface area (Å²) in [7, 11) is -0.852. The predicted octanol–water partition coefficient (Wildman–Crippen LogP) is 1.77. The summed E-state index contributed by atoms with van der Waals surface area (Å²) in [4.78, 5) is 10.7. The Bertz CT molecular complexity index is 251. The third-order valence-corrected chi connectivity index (χ3v) is 2.45. The average Bonchev–Trinajstić information content (AvgIpc) is 2.16. The maximum atomic E-state index is 11.3. The molecule has 0 aliphatic carbocycles. The topological polar surface area (TPSA) is 71.1 Å². The first kappa shape index (κ1) is 13.2. The smallest absolute Gasteiger partial charge is 0.438 e. The molecule has 0 aromatic carbocycles. The summed E-state index contributed by atoms with van der Waals surface area (Å²) in [6, 6.07) is 0. The van der Waals surface area contributed by atoms with Crippen LogP contribution in [0.3, 0.4) is 0 Å². The van der Waals surface area contributed by atoms with Gasteiger partial charge in [-0.05, 0) is 6.08 Å². The van der Waals surface area contributed by atoms with Gasteiger partial charge in [-0.2, -0.15) is 0 Å². The Hall–Kier alpha value is -0.840. The van der Waals surface area contributed by atoms with Crippen LogP contribution in [0.25, 0.3) is 0 Å². The largest absolute Gasteiger partial charge is 0.510 e. The van der Waals surface area contributed by atoms with Gasteiger partial charge in [0.05, 0.1) is 7.11 Å². The van der Waals surface area contributed by atoms with E-state index in [9.17, 15) is 9.36 Å². The summed E-state index contributed by atoms with van der Waals surface area (Å²) >= 11 is 0. The van der Waals surface area contributed by atoms with E-state index >= 15 is 0 Å². The molecule has 0 amide bonds. The zero-order valence-electron chi connectivity index (χ0n) is 8.26. The van der Waals surface area contributed by atoms with Gasteiger partial charge in [-0.15, -0.1) is 0 Å². The van der Waals surface area contributed by atoms with E-state index in [-0.39, 0.29) is 0 Å². The molecule has 6 nitrogen and oxygen atoms in total. The highest BCUT2D eigenvalue weighted by atomic mass is 31.2. The second-order valence-electron chi connectivity index (χ2n) is 2.24. The summed E-state index contributed by atoms with van der Waals surface area (Å²) in [6.07, 6.45) is -0.948. The minimum atomic E-state index is -3.22. The zero-order chi connectivity index (χ0) is 11.2. The first-order chi connectivity index (χ1) is 6.45. The van der Waals surface area contributed by atoms with Crippen molar-refractivity contribution in [2.45, 2.75) is 6.29 Å². The highest BCUT2D eigenvalue weighted by molar-refractivity contribution is 7.52. The number of carbonyl (C=O) groups excluding carboxylic acids is 1. The lowest BCUT2D eigenvalue weighted by molar-refractivity contribution is -0.0347. The summed E-state index contributed by atoms with van der Waals surface area (Å²) in [5.41, 5.74) is 0. The Kier molecular flexibility index (Phi) is 5.45. The van der Waals surface area contributed by atoms with Crippen molar-refractivity contribution in [1.29, 1.82) is 0 Å². The van der Waals surface area contributed by atoms with Crippen LogP contribution in [0.1, 0.15) is 0 Å². The summed E-state index contributed by atoms with van der Waals surface area (Å²) < 4.78 is 29.4. The van der Waals surface area contributed by atoms with Crippen LogP contribution >= 0.6 is 7.60 Å². The Balaban J connectivity index is 4.23. The fraction of sp³-hybridized carbons (Fsp3) is 0.571. The highest BCUT2D eigenvalue weighted by Crippen LogP contribution is 2.44. The maximum Gasteiger partial charge on any atom is 0.510 e. The van der Waals surface area contributed by atoms with Crippen molar-refractivity contribution in [2.75, 3.05) is 20.9 Å². The number of ether oxygens (including phenoxy) is 2.